The van der Waals surface area contributed by atoms with Crippen LogP contribution in [0.15, 0.2) is 48.5 Å². The molecule has 0 amide bonds. The fourth-order valence-corrected chi connectivity index (χ4v) is 2.45. The van der Waals surface area contributed by atoms with E-state index in [2.05, 4.69) is 68.6 Å². The third kappa shape index (κ3) is 4.61. The van der Waals surface area contributed by atoms with E-state index in [4.69, 9.17) is 4.74 Å². The molecular weight excluding hydrogens is 258 g/mol. The quantitative estimate of drug-likeness (QED) is 0.818. The maximum absolute atomic E-state index is 5.92. The van der Waals surface area contributed by atoms with Crippen molar-refractivity contribution in [1.29, 1.82) is 0 Å². The van der Waals surface area contributed by atoms with E-state index in [1.807, 2.05) is 6.07 Å². The highest BCUT2D eigenvalue weighted by Gasteiger charge is 2.06. The topological polar surface area (TPSA) is 21.3 Å². The third-order valence-electron chi connectivity index (χ3n) is 3.70. The standard InChI is InChI=1S/C19H25NO/c1-4-20-16(3)18-10-11-19(15(2)14-18)21-13-12-17-8-6-5-7-9-17/h5-11,14,16,20H,4,12-13H2,1-3H3. The molecule has 0 aromatic heterocycles. The highest BCUT2D eigenvalue weighted by Crippen LogP contribution is 2.23. The van der Waals surface area contributed by atoms with E-state index in [-0.39, 0.29) is 0 Å². The van der Waals surface area contributed by atoms with Gasteiger partial charge in [-0.25, -0.2) is 0 Å². The summed E-state index contributed by atoms with van der Waals surface area (Å²) in [6, 6.07) is 17.3. The van der Waals surface area contributed by atoms with E-state index in [0.717, 1.165) is 18.7 Å². The van der Waals surface area contributed by atoms with Gasteiger partial charge in [0, 0.05) is 12.5 Å². The molecule has 1 unspecified atom stereocenters. The van der Waals surface area contributed by atoms with Gasteiger partial charge in [-0.3, -0.25) is 0 Å². The van der Waals surface area contributed by atoms with Crippen molar-refractivity contribution >= 4 is 0 Å². The van der Waals surface area contributed by atoms with Crippen molar-refractivity contribution in [3.63, 3.8) is 0 Å². The molecule has 0 radical (unpaired) electrons. The first kappa shape index (κ1) is 15.6. The lowest BCUT2D eigenvalue weighted by Crippen LogP contribution is -2.17. The summed E-state index contributed by atoms with van der Waals surface area (Å²) in [5.41, 5.74) is 3.82. The first-order chi connectivity index (χ1) is 10.2. The van der Waals surface area contributed by atoms with Crippen LogP contribution in [-0.2, 0) is 6.42 Å². The highest BCUT2D eigenvalue weighted by molar-refractivity contribution is 5.37. The van der Waals surface area contributed by atoms with Gasteiger partial charge in [-0.1, -0.05) is 49.4 Å². The minimum Gasteiger partial charge on any atom is -0.493 e. The van der Waals surface area contributed by atoms with Crippen molar-refractivity contribution in [3.05, 3.63) is 65.2 Å². The summed E-state index contributed by atoms with van der Waals surface area (Å²) in [5, 5.41) is 3.43. The first-order valence-electron chi connectivity index (χ1n) is 7.71. The van der Waals surface area contributed by atoms with Gasteiger partial charge in [0.25, 0.3) is 0 Å². The van der Waals surface area contributed by atoms with Crippen LogP contribution in [0.1, 0.15) is 36.6 Å². The molecule has 2 heteroatoms. The zero-order valence-corrected chi connectivity index (χ0v) is 13.2. The Labute approximate surface area is 128 Å². The SMILES string of the molecule is CCNC(C)c1ccc(OCCc2ccccc2)c(C)c1. The largest absolute Gasteiger partial charge is 0.493 e. The fraction of sp³-hybridized carbons (Fsp3) is 0.368. The van der Waals surface area contributed by atoms with Crippen molar-refractivity contribution in [1.82, 2.24) is 5.32 Å². The average Bonchev–Trinajstić information content (AvgIpc) is 2.50. The molecule has 0 aliphatic heterocycles. The Morgan fingerprint density at radius 2 is 1.86 bits per heavy atom. The number of rotatable bonds is 7. The summed E-state index contributed by atoms with van der Waals surface area (Å²) < 4.78 is 5.92. The van der Waals surface area contributed by atoms with Crippen LogP contribution in [0.25, 0.3) is 0 Å². The molecular formula is C19H25NO. The Bertz CT molecular complexity index is 551. The van der Waals surface area contributed by atoms with E-state index in [1.165, 1.54) is 16.7 Å². The monoisotopic (exact) mass is 283 g/mol. The molecule has 0 fully saturated rings. The predicted molar refractivity (Wildman–Crippen MR) is 88.9 cm³/mol. The zero-order valence-electron chi connectivity index (χ0n) is 13.2. The molecule has 2 aromatic rings. The molecule has 0 saturated carbocycles. The number of aryl methyl sites for hydroxylation is 1. The lowest BCUT2D eigenvalue weighted by molar-refractivity contribution is 0.319. The van der Waals surface area contributed by atoms with E-state index in [9.17, 15) is 0 Å². The third-order valence-corrected chi connectivity index (χ3v) is 3.70. The van der Waals surface area contributed by atoms with Crippen molar-refractivity contribution in [2.45, 2.75) is 33.2 Å². The van der Waals surface area contributed by atoms with Gasteiger partial charge in [0.15, 0.2) is 0 Å². The van der Waals surface area contributed by atoms with Gasteiger partial charge in [-0.2, -0.15) is 0 Å². The molecule has 0 bridgehead atoms. The maximum Gasteiger partial charge on any atom is 0.122 e. The minimum absolute atomic E-state index is 0.382. The van der Waals surface area contributed by atoms with Gasteiger partial charge < -0.3 is 10.1 Å². The summed E-state index contributed by atoms with van der Waals surface area (Å²) in [4.78, 5) is 0. The molecule has 0 saturated heterocycles. The Morgan fingerprint density at radius 3 is 2.52 bits per heavy atom. The molecule has 1 atom stereocenters. The van der Waals surface area contributed by atoms with Crippen LogP contribution < -0.4 is 10.1 Å². The van der Waals surface area contributed by atoms with Crippen LogP contribution in [0.4, 0.5) is 0 Å². The van der Waals surface area contributed by atoms with Crippen LogP contribution in [0.5, 0.6) is 5.75 Å². The predicted octanol–water partition coefficient (Wildman–Crippen LogP) is 4.29. The van der Waals surface area contributed by atoms with Crippen LogP contribution >= 0.6 is 0 Å². The van der Waals surface area contributed by atoms with Gasteiger partial charge >= 0.3 is 0 Å². The Morgan fingerprint density at radius 1 is 1.10 bits per heavy atom. The molecule has 0 aliphatic carbocycles. The molecule has 21 heavy (non-hydrogen) atoms. The normalized spacial score (nSPS) is 12.1. The van der Waals surface area contributed by atoms with Gasteiger partial charge in [0.1, 0.15) is 5.75 Å². The summed E-state index contributed by atoms with van der Waals surface area (Å²) >= 11 is 0. The molecule has 112 valence electrons. The average molecular weight is 283 g/mol. The molecule has 0 aliphatic rings. The minimum atomic E-state index is 0.382. The Balaban J connectivity index is 1.92. The number of hydrogen-bond donors (Lipinski definition) is 1. The van der Waals surface area contributed by atoms with Crippen LogP contribution in [0.3, 0.4) is 0 Å². The van der Waals surface area contributed by atoms with Crippen LogP contribution in [0.2, 0.25) is 0 Å². The second-order valence-corrected chi connectivity index (χ2v) is 5.39. The van der Waals surface area contributed by atoms with Crippen molar-refractivity contribution in [3.8, 4) is 5.75 Å². The molecule has 2 nitrogen and oxygen atoms in total. The smallest absolute Gasteiger partial charge is 0.122 e. The highest BCUT2D eigenvalue weighted by atomic mass is 16.5. The second-order valence-electron chi connectivity index (χ2n) is 5.39. The second kappa shape index (κ2) is 7.84. The van der Waals surface area contributed by atoms with Gasteiger partial charge in [0.2, 0.25) is 0 Å². The van der Waals surface area contributed by atoms with Crippen LogP contribution in [-0.4, -0.2) is 13.2 Å². The van der Waals surface area contributed by atoms with Crippen molar-refractivity contribution in [2.24, 2.45) is 0 Å². The summed E-state index contributed by atoms with van der Waals surface area (Å²) in [6.07, 6.45) is 0.940. The number of benzene rings is 2. The molecule has 1 N–H and O–H groups in total. The van der Waals surface area contributed by atoms with E-state index >= 15 is 0 Å². The summed E-state index contributed by atoms with van der Waals surface area (Å²) in [5.74, 6) is 0.985. The van der Waals surface area contributed by atoms with E-state index in [1.54, 1.807) is 0 Å². The van der Waals surface area contributed by atoms with Crippen molar-refractivity contribution < 1.29 is 4.74 Å². The number of ether oxygens (including phenoxy) is 1. The molecule has 2 aromatic carbocycles. The Kier molecular flexibility index (Phi) is 5.82. The summed E-state index contributed by atoms with van der Waals surface area (Å²) in [6.45, 7) is 8.13. The van der Waals surface area contributed by atoms with Gasteiger partial charge in [0.05, 0.1) is 6.61 Å². The first-order valence-corrected chi connectivity index (χ1v) is 7.71. The number of nitrogens with one attached hydrogen (secondary N) is 1. The van der Waals surface area contributed by atoms with E-state index in [0.29, 0.717) is 12.6 Å². The number of hydrogen-bond acceptors (Lipinski definition) is 2. The molecule has 0 spiro atoms. The lowest BCUT2D eigenvalue weighted by Gasteiger charge is -2.15. The van der Waals surface area contributed by atoms with Crippen molar-refractivity contribution in [2.75, 3.05) is 13.2 Å². The van der Waals surface area contributed by atoms with Gasteiger partial charge in [-0.15, -0.1) is 0 Å². The van der Waals surface area contributed by atoms with E-state index < -0.39 is 0 Å². The van der Waals surface area contributed by atoms with Crippen LogP contribution in [0, 0.1) is 6.92 Å². The zero-order chi connectivity index (χ0) is 15.1. The van der Waals surface area contributed by atoms with Gasteiger partial charge in [-0.05, 0) is 43.1 Å². The molecule has 2 rings (SSSR count). The Hall–Kier alpha value is -1.80. The summed E-state index contributed by atoms with van der Waals surface area (Å²) in [7, 11) is 0. The molecule has 0 heterocycles. The fourth-order valence-electron chi connectivity index (χ4n) is 2.45. The maximum atomic E-state index is 5.92. The lowest BCUT2D eigenvalue weighted by atomic mass is 10.1.